The monoisotopic (exact) mass is 282 g/mol. The van der Waals surface area contributed by atoms with E-state index < -0.39 is 17.2 Å². The van der Waals surface area contributed by atoms with Crippen LogP contribution in [0.25, 0.3) is 0 Å². The summed E-state index contributed by atoms with van der Waals surface area (Å²) in [5.41, 5.74) is -0.570. The molecule has 0 bridgehead atoms. The fraction of sp³-hybridized carbons (Fsp3) is 0.562. The summed E-state index contributed by atoms with van der Waals surface area (Å²) in [7, 11) is 1.54. The molecule has 0 unspecified atom stereocenters. The first-order valence-corrected chi connectivity index (χ1v) is 6.99. The van der Waals surface area contributed by atoms with Crippen molar-refractivity contribution in [2.24, 2.45) is 5.92 Å². The highest BCUT2D eigenvalue weighted by Gasteiger charge is 2.40. The van der Waals surface area contributed by atoms with Crippen LogP contribution in [0.4, 0.5) is 8.78 Å². The molecule has 0 aromatic heterocycles. The molecular formula is C16H20F2O2. The zero-order chi connectivity index (χ0) is 14.8. The van der Waals surface area contributed by atoms with E-state index in [-0.39, 0.29) is 17.8 Å². The van der Waals surface area contributed by atoms with Crippen molar-refractivity contribution in [1.29, 1.82) is 0 Å². The highest BCUT2D eigenvalue weighted by Crippen LogP contribution is 2.36. The molecule has 1 fully saturated rings. The van der Waals surface area contributed by atoms with Gasteiger partial charge in [-0.1, -0.05) is 13.0 Å². The fourth-order valence-corrected chi connectivity index (χ4v) is 2.82. The molecule has 0 heterocycles. The maximum absolute atomic E-state index is 13.6. The lowest BCUT2D eigenvalue weighted by molar-refractivity contribution is -0.145. The van der Waals surface area contributed by atoms with Crippen LogP contribution < -0.4 is 0 Å². The number of halogens is 2. The predicted octanol–water partition coefficient (Wildman–Crippen LogP) is 3.67. The van der Waals surface area contributed by atoms with Crippen LogP contribution in [0.2, 0.25) is 0 Å². The fourth-order valence-electron chi connectivity index (χ4n) is 2.82. The zero-order valence-electron chi connectivity index (χ0n) is 11.9. The maximum Gasteiger partial charge on any atom is 0.169 e. The van der Waals surface area contributed by atoms with Crippen LogP contribution >= 0.6 is 0 Å². The number of Topliss-reactive ketones (excluding diaryl/α,β-unsaturated/α-hetero) is 1. The van der Waals surface area contributed by atoms with Crippen molar-refractivity contribution >= 4 is 5.78 Å². The third kappa shape index (κ3) is 3.06. The van der Waals surface area contributed by atoms with Crippen molar-refractivity contribution in [3.63, 3.8) is 0 Å². The summed E-state index contributed by atoms with van der Waals surface area (Å²) < 4.78 is 32.0. The summed E-state index contributed by atoms with van der Waals surface area (Å²) in [5, 5.41) is 0. The van der Waals surface area contributed by atoms with E-state index >= 15 is 0 Å². The second kappa shape index (κ2) is 6.00. The Morgan fingerprint density at radius 1 is 1.35 bits per heavy atom. The second-order valence-corrected chi connectivity index (χ2v) is 5.72. The Labute approximate surface area is 118 Å². The highest BCUT2D eigenvalue weighted by molar-refractivity contribution is 5.89. The first-order valence-electron chi connectivity index (χ1n) is 6.99. The Bertz CT molecular complexity index is 491. The van der Waals surface area contributed by atoms with Crippen molar-refractivity contribution in [3.05, 3.63) is 35.4 Å². The molecule has 4 heteroatoms. The van der Waals surface area contributed by atoms with E-state index in [1.54, 1.807) is 0 Å². The van der Waals surface area contributed by atoms with Gasteiger partial charge in [-0.15, -0.1) is 0 Å². The molecule has 1 aromatic rings. The molecule has 0 atom stereocenters. The zero-order valence-corrected chi connectivity index (χ0v) is 11.9. The van der Waals surface area contributed by atoms with Gasteiger partial charge in [0.15, 0.2) is 5.78 Å². The van der Waals surface area contributed by atoms with Crippen molar-refractivity contribution in [2.75, 3.05) is 7.11 Å². The summed E-state index contributed by atoms with van der Waals surface area (Å²) in [6.45, 7) is 2.16. The van der Waals surface area contributed by atoms with E-state index in [4.69, 9.17) is 4.74 Å². The lowest BCUT2D eigenvalue weighted by atomic mass is 9.76. The van der Waals surface area contributed by atoms with Gasteiger partial charge >= 0.3 is 0 Å². The van der Waals surface area contributed by atoms with Crippen LogP contribution in [-0.4, -0.2) is 18.5 Å². The lowest BCUT2D eigenvalue weighted by Gasteiger charge is -2.37. The van der Waals surface area contributed by atoms with Gasteiger partial charge in [0, 0.05) is 19.6 Å². The molecule has 0 saturated heterocycles. The molecule has 1 aliphatic rings. The highest BCUT2D eigenvalue weighted by atomic mass is 19.1. The molecule has 0 aliphatic heterocycles. The summed E-state index contributed by atoms with van der Waals surface area (Å²) >= 11 is 0. The van der Waals surface area contributed by atoms with Crippen LogP contribution in [0.1, 0.15) is 38.2 Å². The molecule has 20 heavy (non-hydrogen) atoms. The molecule has 0 radical (unpaired) electrons. The summed E-state index contributed by atoms with van der Waals surface area (Å²) in [4.78, 5) is 12.5. The standard InChI is InChI=1S/C16H20F2O2/c1-11-5-7-16(20-2,8-6-11)15(19)9-12-3-4-13(17)10-14(12)18/h3-4,10-11H,5-9H2,1-2H3. The van der Waals surface area contributed by atoms with Gasteiger partial charge < -0.3 is 4.74 Å². The molecule has 1 saturated carbocycles. The Hall–Kier alpha value is -1.29. The van der Waals surface area contributed by atoms with E-state index in [0.29, 0.717) is 18.8 Å². The van der Waals surface area contributed by atoms with E-state index in [2.05, 4.69) is 6.92 Å². The van der Waals surface area contributed by atoms with Crippen molar-refractivity contribution in [3.8, 4) is 0 Å². The molecule has 2 rings (SSSR count). The van der Waals surface area contributed by atoms with E-state index in [1.165, 1.54) is 19.2 Å². The minimum absolute atomic E-state index is 0.0473. The minimum Gasteiger partial charge on any atom is -0.370 e. The molecule has 0 N–H and O–H groups in total. The quantitative estimate of drug-likeness (QED) is 0.842. The number of hydrogen-bond acceptors (Lipinski definition) is 2. The SMILES string of the molecule is COC1(C(=O)Cc2ccc(F)cc2F)CCC(C)CC1. The lowest BCUT2D eigenvalue weighted by Crippen LogP contribution is -2.44. The van der Waals surface area contributed by atoms with Crippen LogP contribution in [0.15, 0.2) is 18.2 Å². The van der Waals surface area contributed by atoms with Gasteiger partial charge in [-0.25, -0.2) is 8.78 Å². The van der Waals surface area contributed by atoms with Gasteiger partial charge in [-0.3, -0.25) is 4.79 Å². The Morgan fingerprint density at radius 2 is 2.00 bits per heavy atom. The Morgan fingerprint density at radius 3 is 2.55 bits per heavy atom. The average Bonchev–Trinajstić information content (AvgIpc) is 2.43. The number of hydrogen-bond donors (Lipinski definition) is 0. The molecule has 2 nitrogen and oxygen atoms in total. The van der Waals surface area contributed by atoms with E-state index in [9.17, 15) is 13.6 Å². The molecule has 110 valence electrons. The molecule has 0 spiro atoms. The topological polar surface area (TPSA) is 26.3 Å². The van der Waals surface area contributed by atoms with Crippen LogP contribution in [-0.2, 0) is 16.0 Å². The number of ketones is 1. The van der Waals surface area contributed by atoms with Crippen molar-refractivity contribution < 1.29 is 18.3 Å². The smallest absolute Gasteiger partial charge is 0.169 e. The Balaban J connectivity index is 2.13. The summed E-state index contributed by atoms with van der Waals surface area (Å²) in [5.74, 6) is -0.827. The van der Waals surface area contributed by atoms with Crippen molar-refractivity contribution in [2.45, 2.75) is 44.6 Å². The van der Waals surface area contributed by atoms with Crippen molar-refractivity contribution in [1.82, 2.24) is 0 Å². The number of methoxy groups -OCH3 is 1. The first kappa shape index (κ1) is 15.1. The third-order valence-electron chi connectivity index (χ3n) is 4.35. The molecule has 1 aliphatic carbocycles. The summed E-state index contributed by atoms with van der Waals surface area (Å²) in [6.07, 6.45) is 3.17. The van der Waals surface area contributed by atoms with Crippen LogP contribution in [0, 0.1) is 17.6 Å². The minimum atomic E-state index is -0.798. The van der Waals surface area contributed by atoms with Gasteiger partial charge in [-0.2, -0.15) is 0 Å². The van der Waals surface area contributed by atoms with Gasteiger partial charge in [0.05, 0.1) is 0 Å². The normalized spacial score (nSPS) is 26.5. The first-order chi connectivity index (χ1) is 9.47. The van der Waals surface area contributed by atoms with E-state index in [0.717, 1.165) is 18.9 Å². The molecular weight excluding hydrogens is 262 g/mol. The average molecular weight is 282 g/mol. The van der Waals surface area contributed by atoms with Gasteiger partial charge in [0.25, 0.3) is 0 Å². The summed E-state index contributed by atoms with van der Waals surface area (Å²) in [6, 6.07) is 3.32. The predicted molar refractivity (Wildman–Crippen MR) is 72.4 cm³/mol. The maximum atomic E-state index is 13.6. The second-order valence-electron chi connectivity index (χ2n) is 5.72. The Kier molecular flexibility index (Phi) is 4.53. The number of rotatable bonds is 4. The van der Waals surface area contributed by atoms with Gasteiger partial charge in [-0.05, 0) is 43.2 Å². The largest absolute Gasteiger partial charge is 0.370 e. The number of ether oxygens (including phenoxy) is 1. The molecule has 0 amide bonds. The van der Waals surface area contributed by atoms with Crippen LogP contribution in [0.5, 0.6) is 0 Å². The van der Waals surface area contributed by atoms with Gasteiger partial charge in [0.1, 0.15) is 17.2 Å². The van der Waals surface area contributed by atoms with E-state index in [1.807, 2.05) is 0 Å². The third-order valence-corrected chi connectivity index (χ3v) is 4.35. The van der Waals surface area contributed by atoms with Gasteiger partial charge in [0.2, 0.25) is 0 Å². The number of carbonyl (C=O) groups excluding carboxylic acids is 1. The number of carbonyl (C=O) groups is 1. The molecule has 1 aromatic carbocycles. The van der Waals surface area contributed by atoms with Crippen LogP contribution in [0.3, 0.4) is 0 Å². The number of benzene rings is 1.